The molecule has 0 spiro atoms. The van der Waals surface area contributed by atoms with E-state index >= 15 is 0 Å². The van der Waals surface area contributed by atoms with Crippen LogP contribution in [0.15, 0.2) is 18.2 Å². The fraction of sp³-hybridized carbons (Fsp3) is 0.647. The van der Waals surface area contributed by atoms with E-state index in [9.17, 15) is 5.11 Å². The minimum Gasteiger partial charge on any atom is -0.508 e. The molecule has 1 aliphatic rings. The van der Waals surface area contributed by atoms with E-state index in [-0.39, 0.29) is 0 Å². The zero-order valence-corrected chi connectivity index (χ0v) is 13.0. The second-order valence-corrected chi connectivity index (χ2v) is 6.32. The van der Waals surface area contributed by atoms with Crippen molar-refractivity contribution in [1.29, 1.82) is 0 Å². The number of likely N-dealkylation sites (tertiary alicyclic amines) is 1. The van der Waals surface area contributed by atoms with Gasteiger partial charge in [-0.3, -0.25) is 4.90 Å². The van der Waals surface area contributed by atoms with Gasteiger partial charge in [0.15, 0.2) is 0 Å². The summed E-state index contributed by atoms with van der Waals surface area (Å²) in [5.74, 6) is 1.05. The highest BCUT2D eigenvalue weighted by atomic mass is 16.3. The first-order valence-electron chi connectivity index (χ1n) is 7.81. The number of benzene rings is 1. The van der Waals surface area contributed by atoms with Crippen molar-refractivity contribution in [2.24, 2.45) is 5.92 Å². The molecule has 2 N–H and O–H groups in total. The molecular formula is C17H28N2O. The summed E-state index contributed by atoms with van der Waals surface area (Å²) in [6, 6.07) is 6.39. The van der Waals surface area contributed by atoms with Gasteiger partial charge in [0.1, 0.15) is 5.75 Å². The molecule has 0 amide bonds. The van der Waals surface area contributed by atoms with E-state index in [1.165, 1.54) is 31.5 Å². The predicted octanol–water partition coefficient (Wildman–Crippen LogP) is 2.91. The first kappa shape index (κ1) is 15.3. The van der Waals surface area contributed by atoms with Crippen LogP contribution in [0.25, 0.3) is 0 Å². The minimum absolute atomic E-state index is 0.394. The number of phenols is 1. The largest absolute Gasteiger partial charge is 0.508 e. The van der Waals surface area contributed by atoms with Gasteiger partial charge in [0.2, 0.25) is 0 Å². The van der Waals surface area contributed by atoms with E-state index in [1.54, 1.807) is 6.07 Å². The third-order valence-corrected chi connectivity index (χ3v) is 4.28. The van der Waals surface area contributed by atoms with Crippen LogP contribution in [-0.2, 0) is 6.54 Å². The van der Waals surface area contributed by atoms with Crippen LogP contribution < -0.4 is 5.32 Å². The lowest BCUT2D eigenvalue weighted by Gasteiger charge is -2.31. The molecule has 1 aliphatic heterocycles. The molecule has 0 saturated carbocycles. The molecule has 0 aromatic heterocycles. The van der Waals surface area contributed by atoms with Gasteiger partial charge in [-0.25, -0.2) is 0 Å². The van der Waals surface area contributed by atoms with Crippen molar-refractivity contribution in [3.63, 3.8) is 0 Å². The zero-order chi connectivity index (χ0) is 14.5. The smallest absolute Gasteiger partial charge is 0.120 e. The predicted molar refractivity (Wildman–Crippen MR) is 84.0 cm³/mol. The topological polar surface area (TPSA) is 35.5 Å². The molecule has 1 saturated heterocycles. The number of aromatic hydroxyl groups is 1. The monoisotopic (exact) mass is 276 g/mol. The van der Waals surface area contributed by atoms with Gasteiger partial charge < -0.3 is 10.4 Å². The Morgan fingerprint density at radius 2 is 1.95 bits per heavy atom. The summed E-state index contributed by atoms with van der Waals surface area (Å²) in [7, 11) is 0. The average Bonchev–Trinajstić information content (AvgIpc) is 2.91. The maximum Gasteiger partial charge on any atom is 0.120 e. The Labute approximate surface area is 123 Å². The second kappa shape index (κ2) is 7.09. The molecule has 0 radical (unpaired) electrons. The maximum atomic E-state index is 9.87. The Kier molecular flexibility index (Phi) is 5.44. The molecule has 1 fully saturated rings. The van der Waals surface area contributed by atoms with E-state index in [0.29, 0.717) is 17.7 Å². The highest BCUT2D eigenvalue weighted by Crippen LogP contribution is 2.19. The van der Waals surface area contributed by atoms with E-state index in [1.807, 2.05) is 6.07 Å². The fourth-order valence-electron chi connectivity index (χ4n) is 3.07. The first-order chi connectivity index (χ1) is 9.58. The van der Waals surface area contributed by atoms with Crippen LogP contribution in [0.2, 0.25) is 0 Å². The van der Waals surface area contributed by atoms with Crippen molar-refractivity contribution < 1.29 is 5.11 Å². The lowest BCUT2D eigenvalue weighted by Crippen LogP contribution is -2.44. The second-order valence-electron chi connectivity index (χ2n) is 6.32. The summed E-state index contributed by atoms with van der Waals surface area (Å²) in [5.41, 5.74) is 2.19. The summed E-state index contributed by atoms with van der Waals surface area (Å²) in [6.07, 6.45) is 2.67. The average molecular weight is 276 g/mol. The molecule has 3 nitrogen and oxygen atoms in total. The summed E-state index contributed by atoms with van der Waals surface area (Å²) < 4.78 is 0. The molecule has 1 heterocycles. The molecule has 20 heavy (non-hydrogen) atoms. The minimum atomic E-state index is 0.394. The van der Waals surface area contributed by atoms with Gasteiger partial charge in [-0.1, -0.05) is 31.5 Å². The van der Waals surface area contributed by atoms with Crippen LogP contribution in [0.5, 0.6) is 5.75 Å². The van der Waals surface area contributed by atoms with E-state index in [2.05, 4.69) is 37.1 Å². The standard InChI is InChI=1S/C17H28N2O/c1-13(2)16(19-8-4-5-9-19)12-18-11-15-10-14(3)6-7-17(15)20/h6-7,10,13,16,18,20H,4-5,8-9,11-12H2,1-3H3. The van der Waals surface area contributed by atoms with E-state index < -0.39 is 0 Å². The van der Waals surface area contributed by atoms with Crippen LogP contribution in [0.4, 0.5) is 0 Å². The Morgan fingerprint density at radius 3 is 2.60 bits per heavy atom. The van der Waals surface area contributed by atoms with Gasteiger partial charge in [-0.15, -0.1) is 0 Å². The molecule has 2 rings (SSSR count). The van der Waals surface area contributed by atoms with Crippen molar-refractivity contribution >= 4 is 0 Å². The third-order valence-electron chi connectivity index (χ3n) is 4.28. The van der Waals surface area contributed by atoms with Crippen LogP contribution in [0, 0.1) is 12.8 Å². The quantitative estimate of drug-likeness (QED) is 0.838. The lowest BCUT2D eigenvalue weighted by atomic mass is 10.0. The molecule has 1 unspecified atom stereocenters. The maximum absolute atomic E-state index is 9.87. The highest BCUT2D eigenvalue weighted by molar-refractivity contribution is 5.35. The van der Waals surface area contributed by atoms with Crippen molar-refractivity contribution in [1.82, 2.24) is 10.2 Å². The number of hydrogen-bond acceptors (Lipinski definition) is 3. The van der Waals surface area contributed by atoms with Gasteiger partial charge in [0, 0.05) is 24.7 Å². The summed E-state index contributed by atoms with van der Waals surface area (Å²) in [6.45, 7) is 10.9. The van der Waals surface area contributed by atoms with Gasteiger partial charge in [-0.05, 0) is 44.8 Å². The van der Waals surface area contributed by atoms with Crippen molar-refractivity contribution in [2.45, 2.75) is 46.2 Å². The molecule has 1 aromatic carbocycles. The Bertz CT molecular complexity index is 425. The molecule has 0 bridgehead atoms. The molecular weight excluding hydrogens is 248 g/mol. The number of nitrogens with one attached hydrogen (secondary N) is 1. The van der Waals surface area contributed by atoms with Crippen molar-refractivity contribution in [3.05, 3.63) is 29.3 Å². The molecule has 112 valence electrons. The van der Waals surface area contributed by atoms with Gasteiger partial charge >= 0.3 is 0 Å². The first-order valence-corrected chi connectivity index (χ1v) is 7.81. The normalized spacial score (nSPS) is 17.8. The van der Waals surface area contributed by atoms with Crippen LogP contribution in [0.3, 0.4) is 0 Å². The summed E-state index contributed by atoms with van der Waals surface area (Å²) >= 11 is 0. The van der Waals surface area contributed by atoms with Gasteiger partial charge in [-0.2, -0.15) is 0 Å². The van der Waals surface area contributed by atoms with Crippen molar-refractivity contribution in [3.8, 4) is 5.75 Å². The summed E-state index contributed by atoms with van der Waals surface area (Å²) in [5, 5.41) is 13.4. The molecule has 1 aromatic rings. The van der Waals surface area contributed by atoms with E-state index in [0.717, 1.165) is 18.7 Å². The Balaban J connectivity index is 1.88. The van der Waals surface area contributed by atoms with E-state index in [4.69, 9.17) is 0 Å². The zero-order valence-electron chi connectivity index (χ0n) is 13.0. The number of rotatable bonds is 6. The van der Waals surface area contributed by atoms with Gasteiger partial charge in [0.25, 0.3) is 0 Å². The molecule has 3 heteroatoms. The number of aryl methyl sites for hydroxylation is 1. The highest BCUT2D eigenvalue weighted by Gasteiger charge is 2.24. The van der Waals surface area contributed by atoms with Crippen molar-refractivity contribution in [2.75, 3.05) is 19.6 Å². The Morgan fingerprint density at radius 1 is 1.25 bits per heavy atom. The third kappa shape index (κ3) is 3.97. The SMILES string of the molecule is Cc1ccc(O)c(CNCC(C(C)C)N2CCCC2)c1. The fourth-order valence-corrected chi connectivity index (χ4v) is 3.07. The number of hydrogen-bond donors (Lipinski definition) is 2. The number of phenolic OH excluding ortho intramolecular Hbond substituents is 1. The van der Waals surface area contributed by atoms with Crippen LogP contribution >= 0.6 is 0 Å². The molecule has 0 aliphatic carbocycles. The van der Waals surface area contributed by atoms with Crippen LogP contribution in [-0.4, -0.2) is 35.7 Å². The lowest BCUT2D eigenvalue weighted by molar-refractivity contribution is 0.186. The summed E-state index contributed by atoms with van der Waals surface area (Å²) in [4.78, 5) is 2.60. The van der Waals surface area contributed by atoms with Gasteiger partial charge in [0.05, 0.1) is 0 Å². The Hall–Kier alpha value is -1.06. The van der Waals surface area contributed by atoms with Crippen LogP contribution in [0.1, 0.15) is 37.8 Å². The number of nitrogens with zero attached hydrogens (tertiary/aromatic N) is 1. The molecule has 1 atom stereocenters.